The summed E-state index contributed by atoms with van der Waals surface area (Å²) in [5.74, 6) is -0.254. The maximum atomic E-state index is 12.2. The smallest absolute Gasteiger partial charge is 0.870 e. The van der Waals surface area contributed by atoms with Gasteiger partial charge < -0.3 is 14.9 Å². The summed E-state index contributed by atoms with van der Waals surface area (Å²) in [6.07, 6.45) is 0. The average Bonchev–Trinajstić information content (AvgIpc) is 2.72. The molecule has 0 fully saturated rings. The van der Waals surface area contributed by atoms with Crippen LogP contribution in [0.5, 0.6) is 23.0 Å². The molecule has 4 aromatic rings. The Morgan fingerprint density at radius 3 is 1.21 bits per heavy atom. The van der Waals surface area contributed by atoms with Crippen LogP contribution in [0.4, 0.5) is 0 Å². The van der Waals surface area contributed by atoms with Crippen molar-refractivity contribution in [2.24, 2.45) is 0 Å². The zero-order valence-corrected chi connectivity index (χ0v) is 22.7. The molecule has 0 unspecified atom stereocenters. The summed E-state index contributed by atoms with van der Waals surface area (Å²) < 4.78 is 5.74. The predicted octanol–water partition coefficient (Wildman–Crippen LogP) is -1.03. The van der Waals surface area contributed by atoms with Gasteiger partial charge in [-0.1, -0.05) is 96.4 Å². The standard InChI is InChI=1S/C24H18O3.2K/c25-21-13-11-19(17-7-3-1-4-8-17)15-23(21)27-24-16-20(12-14-22(24)26)18-9-5-2-6-10-18;;/h1-16,25-26H;;/q;2*+1/p-2. The summed E-state index contributed by atoms with van der Waals surface area (Å²) in [5.41, 5.74) is 3.67. The average molecular weight is 431 g/mol. The van der Waals surface area contributed by atoms with E-state index in [2.05, 4.69) is 0 Å². The molecule has 0 amide bonds. The van der Waals surface area contributed by atoms with Crippen molar-refractivity contribution in [3.8, 4) is 45.3 Å². The Hall–Kier alpha value is -0.447. The second kappa shape index (κ2) is 11.8. The van der Waals surface area contributed by atoms with E-state index < -0.39 is 0 Å². The molecule has 4 rings (SSSR count). The van der Waals surface area contributed by atoms with Crippen LogP contribution in [0.3, 0.4) is 0 Å². The molecule has 0 N–H and O–H groups in total. The van der Waals surface area contributed by atoms with Gasteiger partial charge in [0.15, 0.2) is 0 Å². The SMILES string of the molecule is [K+].[K+].[O-]c1ccc(-c2ccccc2)cc1Oc1cc(-c2ccccc2)ccc1[O-]. The van der Waals surface area contributed by atoms with E-state index >= 15 is 0 Å². The Balaban J connectivity index is 0.00000150. The van der Waals surface area contributed by atoms with E-state index in [-0.39, 0.29) is 126 Å². The van der Waals surface area contributed by atoms with Crippen molar-refractivity contribution in [1.82, 2.24) is 0 Å². The van der Waals surface area contributed by atoms with E-state index in [4.69, 9.17) is 4.74 Å². The molecule has 0 spiro atoms. The minimum atomic E-state index is -0.265. The summed E-state index contributed by atoms with van der Waals surface area (Å²) >= 11 is 0. The predicted molar refractivity (Wildman–Crippen MR) is 103 cm³/mol. The third-order valence-corrected chi connectivity index (χ3v) is 4.32. The van der Waals surface area contributed by atoms with Crippen molar-refractivity contribution >= 4 is 0 Å². The van der Waals surface area contributed by atoms with Gasteiger partial charge in [-0.05, 0) is 34.4 Å². The quantitative estimate of drug-likeness (QED) is 0.389. The minimum Gasteiger partial charge on any atom is -0.870 e. The van der Waals surface area contributed by atoms with E-state index in [1.54, 1.807) is 24.3 Å². The van der Waals surface area contributed by atoms with Crippen LogP contribution >= 0.6 is 0 Å². The topological polar surface area (TPSA) is 55.3 Å². The molecule has 0 aliphatic carbocycles. The fourth-order valence-electron chi connectivity index (χ4n) is 2.91. The fraction of sp³-hybridized carbons (Fsp3) is 0. The Labute approximate surface area is 255 Å². The van der Waals surface area contributed by atoms with Crippen molar-refractivity contribution in [1.29, 1.82) is 0 Å². The summed E-state index contributed by atoms with van der Waals surface area (Å²) in [5, 5.41) is 24.5. The molecule has 0 aromatic heterocycles. The van der Waals surface area contributed by atoms with Crippen molar-refractivity contribution < 1.29 is 118 Å². The van der Waals surface area contributed by atoms with Gasteiger partial charge >= 0.3 is 103 Å². The van der Waals surface area contributed by atoms with E-state index in [0.29, 0.717) is 0 Å². The molecule has 132 valence electrons. The van der Waals surface area contributed by atoms with Crippen LogP contribution in [0, 0.1) is 0 Å². The van der Waals surface area contributed by atoms with E-state index in [9.17, 15) is 10.2 Å². The Kier molecular flexibility index (Phi) is 10.1. The summed E-state index contributed by atoms with van der Waals surface area (Å²) in [7, 11) is 0. The summed E-state index contributed by atoms with van der Waals surface area (Å²) in [4.78, 5) is 0. The molecule has 5 heteroatoms. The second-order valence-electron chi connectivity index (χ2n) is 6.16. The third-order valence-electron chi connectivity index (χ3n) is 4.32. The molecular formula is C24H16K2O3. The molecule has 0 aliphatic heterocycles. The molecule has 0 bridgehead atoms. The van der Waals surface area contributed by atoms with Crippen LogP contribution in [0.15, 0.2) is 97.1 Å². The Morgan fingerprint density at radius 1 is 0.448 bits per heavy atom. The fourth-order valence-corrected chi connectivity index (χ4v) is 2.91. The monoisotopic (exact) mass is 430 g/mol. The molecule has 29 heavy (non-hydrogen) atoms. The maximum Gasteiger partial charge on any atom is 1.00 e. The first-order valence-corrected chi connectivity index (χ1v) is 8.61. The van der Waals surface area contributed by atoms with Crippen LogP contribution in [0.25, 0.3) is 22.3 Å². The van der Waals surface area contributed by atoms with Gasteiger partial charge in [0.05, 0.1) is 0 Å². The molecule has 0 aliphatic rings. The van der Waals surface area contributed by atoms with E-state index in [1.165, 1.54) is 12.1 Å². The summed E-state index contributed by atoms with van der Waals surface area (Å²) in [6.45, 7) is 0. The van der Waals surface area contributed by atoms with Crippen molar-refractivity contribution in [3.63, 3.8) is 0 Å². The van der Waals surface area contributed by atoms with Gasteiger partial charge in [0.1, 0.15) is 11.5 Å². The van der Waals surface area contributed by atoms with E-state index in [0.717, 1.165) is 22.3 Å². The van der Waals surface area contributed by atoms with Gasteiger partial charge in [-0.3, -0.25) is 0 Å². The van der Waals surface area contributed by atoms with Crippen LogP contribution in [-0.2, 0) is 0 Å². The first-order valence-electron chi connectivity index (χ1n) is 8.61. The van der Waals surface area contributed by atoms with Gasteiger partial charge in [-0.15, -0.1) is 0 Å². The third kappa shape index (κ3) is 6.27. The molecule has 3 nitrogen and oxygen atoms in total. The Bertz CT molecular complexity index is 981. The van der Waals surface area contributed by atoms with Gasteiger partial charge in [0, 0.05) is 0 Å². The molecule has 0 radical (unpaired) electrons. The zero-order valence-electron chi connectivity index (χ0n) is 16.5. The molecule has 0 saturated carbocycles. The number of benzene rings is 4. The Morgan fingerprint density at radius 2 is 0.828 bits per heavy atom. The van der Waals surface area contributed by atoms with Crippen LogP contribution in [0.1, 0.15) is 0 Å². The molecular weight excluding hydrogens is 414 g/mol. The molecule has 0 saturated heterocycles. The second-order valence-corrected chi connectivity index (χ2v) is 6.16. The van der Waals surface area contributed by atoms with Crippen molar-refractivity contribution in [3.05, 3.63) is 97.1 Å². The van der Waals surface area contributed by atoms with Crippen LogP contribution in [0.2, 0.25) is 0 Å². The first kappa shape index (κ1) is 24.8. The van der Waals surface area contributed by atoms with Gasteiger partial charge in [-0.2, -0.15) is 0 Å². The molecule has 0 heterocycles. The first-order chi connectivity index (χ1) is 13.2. The maximum absolute atomic E-state index is 12.2. The summed E-state index contributed by atoms with van der Waals surface area (Å²) in [6, 6.07) is 29.2. The van der Waals surface area contributed by atoms with Gasteiger partial charge in [-0.25, -0.2) is 0 Å². The number of ether oxygens (including phenoxy) is 1. The molecule has 4 aromatic carbocycles. The van der Waals surface area contributed by atoms with Crippen LogP contribution < -0.4 is 118 Å². The zero-order chi connectivity index (χ0) is 18.6. The van der Waals surface area contributed by atoms with Gasteiger partial charge in [0.25, 0.3) is 0 Å². The van der Waals surface area contributed by atoms with Crippen molar-refractivity contribution in [2.75, 3.05) is 0 Å². The van der Waals surface area contributed by atoms with Gasteiger partial charge in [0.2, 0.25) is 0 Å². The largest absolute Gasteiger partial charge is 1.00 e. The number of hydrogen-bond donors (Lipinski definition) is 0. The number of hydrogen-bond acceptors (Lipinski definition) is 3. The van der Waals surface area contributed by atoms with Crippen molar-refractivity contribution in [2.45, 2.75) is 0 Å². The van der Waals surface area contributed by atoms with Crippen LogP contribution in [-0.4, -0.2) is 0 Å². The number of rotatable bonds is 4. The van der Waals surface area contributed by atoms with E-state index in [1.807, 2.05) is 60.7 Å². The minimum absolute atomic E-state index is 0. The molecule has 0 atom stereocenters. The normalized spacial score (nSPS) is 9.79.